The van der Waals surface area contributed by atoms with Gasteiger partial charge in [-0.1, -0.05) is 30.3 Å². The van der Waals surface area contributed by atoms with E-state index in [1.165, 1.54) is 0 Å². The third-order valence-electron chi connectivity index (χ3n) is 1.93. The van der Waals surface area contributed by atoms with Crippen molar-refractivity contribution in [2.75, 3.05) is 6.54 Å². The van der Waals surface area contributed by atoms with Crippen molar-refractivity contribution in [3.05, 3.63) is 35.9 Å². The quantitative estimate of drug-likeness (QED) is 0.625. The van der Waals surface area contributed by atoms with Crippen LogP contribution < -0.4 is 11.1 Å². The molecule has 4 nitrogen and oxygen atoms in total. The van der Waals surface area contributed by atoms with Gasteiger partial charge in [0.1, 0.15) is 6.04 Å². The molecule has 0 radical (unpaired) electrons. The maximum Gasteiger partial charge on any atom is 0.322 e. The minimum atomic E-state index is -0.913. The molecular formula is C10H14N2O2. The summed E-state index contributed by atoms with van der Waals surface area (Å²) >= 11 is 0. The van der Waals surface area contributed by atoms with Crippen LogP contribution in [0.1, 0.15) is 5.56 Å². The Labute approximate surface area is 82.7 Å². The highest BCUT2D eigenvalue weighted by molar-refractivity contribution is 5.73. The maximum atomic E-state index is 10.6. The number of hydrogen-bond acceptors (Lipinski definition) is 3. The normalized spacial score (nSPS) is 12.4. The number of carboxylic acid groups (broad SMARTS) is 1. The van der Waals surface area contributed by atoms with Crippen LogP contribution in [0.25, 0.3) is 0 Å². The van der Waals surface area contributed by atoms with Crippen molar-refractivity contribution in [3.63, 3.8) is 0 Å². The smallest absolute Gasteiger partial charge is 0.322 e. The molecule has 0 heterocycles. The van der Waals surface area contributed by atoms with Gasteiger partial charge >= 0.3 is 5.97 Å². The lowest BCUT2D eigenvalue weighted by molar-refractivity contribution is -0.139. The Kier molecular flexibility index (Phi) is 4.10. The van der Waals surface area contributed by atoms with Crippen molar-refractivity contribution in [3.8, 4) is 0 Å². The van der Waals surface area contributed by atoms with Crippen LogP contribution >= 0.6 is 0 Å². The summed E-state index contributed by atoms with van der Waals surface area (Å²) in [4.78, 5) is 10.6. The van der Waals surface area contributed by atoms with Crippen LogP contribution in [0.4, 0.5) is 0 Å². The Balaban J connectivity index is 2.44. The van der Waals surface area contributed by atoms with E-state index < -0.39 is 12.0 Å². The Morgan fingerprint density at radius 1 is 1.43 bits per heavy atom. The van der Waals surface area contributed by atoms with Crippen LogP contribution in [0, 0.1) is 0 Å². The molecule has 1 unspecified atom stereocenters. The topological polar surface area (TPSA) is 75.3 Å². The second-order valence-corrected chi connectivity index (χ2v) is 2.99. The maximum absolute atomic E-state index is 10.6. The molecule has 0 saturated carbocycles. The molecular weight excluding hydrogens is 180 g/mol. The second kappa shape index (κ2) is 5.36. The molecule has 0 amide bonds. The summed E-state index contributed by atoms with van der Waals surface area (Å²) < 4.78 is 0. The molecule has 1 aromatic rings. The number of nitrogens with one attached hydrogen (secondary N) is 1. The summed E-state index contributed by atoms with van der Waals surface area (Å²) in [5.74, 6) is -0.913. The summed E-state index contributed by atoms with van der Waals surface area (Å²) in [5, 5.41) is 11.6. The lowest BCUT2D eigenvalue weighted by Gasteiger charge is -2.11. The number of hydrogen-bond donors (Lipinski definition) is 3. The molecule has 0 aliphatic heterocycles. The summed E-state index contributed by atoms with van der Waals surface area (Å²) in [6.45, 7) is 0.622. The van der Waals surface area contributed by atoms with Crippen molar-refractivity contribution in [1.29, 1.82) is 0 Å². The first-order chi connectivity index (χ1) is 6.74. The predicted molar refractivity (Wildman–Crippen MR) is 53.8 cm³/mol. The fourth-order valence-electron chi connectivity index (χ4n) is 1.11. The number of rotatable bonds is 5. The standard InChI is InChI=1S/C10H14N2O2/c11-6-9(10(13)14)12-7-8-4-2-1-3-5-8/h1-5,9,12H,6-7,11H2,(H,13,14). The second-order valence-electron chi connectivity index (χ2n) is 2.99. The predicted octanol–water partition coefficient (Wildman–Crippen LogP) is 0.188. The molecule has 14 heavy (non-hydrogen) atoms. The van der Waals surface area contributed by atoms with E-state index in [0.717, 1.165) is 5.56 Å². The summed E-state index contributed by atoms with van der Waals surface area (Å²) in [7, 11) is 0. The Hall–Kier alpha value is -1.39. The minimum absolute atomic E-state index is 0.0994. The molecule has 4 heteroatoms. The molecule has 0 bridgehead atoms. The molecule has 0 aliphatic rings. The van der Waals surface area contributed by atoms with Gasteiger partial charge in [0.2, 0.25) is 0 Å². The van der Waals surface area contributed by atoms with Crippen LogP contribution in [0.5, 0.6) is 0 Å². The number of benzene rings is 1. The van der Waals surface area contributed by atoms with Gasteiger partial charge in [-0.2, -0.15) is 0 Å². The van der Waals surface area contributed by atoms with Crippen LogP contribution in [-0.4, -0.2) is 23.7 Å². The van der Waals surface area contributed by atoms with Gasteiger partial charge in [0.15, 0.2) is 0 Å². The first-order valence-corrected chi connectivity index (χ1v) is 4.44. The van der Waals surface area contributed by atoms with Gasteiger partial charge in [0.25, 0.3) is 0 Å². The van der Waals surface area contributed by atoms with E-state index in [9.17, 15) is 4.79 Å². The van der Waals surface area contributed by atoms with E-state index in [2.05, 4.69) is 5.32 Å². The number of nitrogens with two attached hydrogens (primary N) is 1. The Morgan fingerprint density at radius 3 is 2.57 bits per heavy atom. The lowest BCUT2D eigenvalue weighted by atomic mass is 10.2. The van der Waals surface area contributed by atoms with Crippen molar-refractivity contribution < 1.29 is 9.90 Å². The fourth-order valence-corrected chi connectivity index (χ4v) is 1.11. The van der Waals surface area contributed by atoms with Gasteiger partial charge in [-0.25, -0.2) is 0 Å². The van der Waals surface area contributed by atoms with Gasteiger partial charge in [-0.3, -0.25) is 10.1 Å². The van der Waals surface area contributed by atoms with Crippen molar-refractivity contribution in [1.82, 2.24) is 5.32 Å². The molecule has 0 spiro atoms. The average molecular weight is 194 g/mol. The SMILES string of the molecule is NCC(NCc1ccccc1)C(=O)O. The molecule has 0 aliphatic carbocycles. The Bertz CT molecular complexity index is 287. The van der Waals surface area contributed by atoms with E-state index in [0.29, 0.717) is 6.54 Å². The van der Waals surface area contributed by atoms with E-state index in [1.807, 2.05) is 30.3 Å². The van der Waals surface area contributed by atoms with Gasteiger partial charge in [-0.15, -0.1) is 0 Å². The molecule has 1 rings (SSSR count). The van der Waals surface area contributed by atoms with Crippen LogP contribution in [-0.2, 0) is 11.3 Å². The van der Waals surface area contributed by atoms with E-state index in [-0.39, 0.29) is 6.54 Å². The van der Waals surface area contributed by atoms with Crippen LogP contribution in [0.3, 0.4) is 0 Å². The number of carboxylic acids is 1. The van der Waals surface area contributed by atoms with Gasteiger partial charge in [0, 0.05) is 13.1 Å². The summed E-state index contributed by atoms with van der Waals surface area (Å²) in [6, 6.07) is 8.94. The van der Waals surface area contributed by atoms with Gasteiger partial charge in [-0.05, 0) is 5.56 Å². The van der Waals surface area contributed by atoms with E-state index >= 15 is 0 Å². The van der Waals surface area contributed by atoms with Crippen LogP contribution in [0.15, 0.2) is 30.3 Å². The zero-order valence-corrected chi connectivity index (χ0v) is 7.81. The lowest BCUT2D eigenvalue weighted by Crippen LogP contribution is -2.42. The highest BCUT2D eigenvalue weighted by Crippen LogP contribution is 1.97. The van der Waals surface area contributed by atoms with E-state index in [1.54, 1.807) is 0 Å². The molecule has 76 valence electrons. The highest BCUT2D eigenvalue weighted by Gasteiger charge is 2.13. The molecule has 4 N–H and O–H groups in total. The highest BCUT2D eigenvalue weighted by atomic mass is 16.4. The van der Waals surface area contributed by atoms with Crippen molar-refractivity contribution in [2.45, 2.75) is 12.6 Å². The minimum Gasteiger partial charge on any atom is -0.480 e. The molecule has 1 atom stereocenters. The molecule has 0 aromatic heterocycles. The zero-order valence-electron chi connectivity index (χ0n) is 7.81. The van der Waals surface area contributed by atoms with Gasteiger partial charge < -0.3 is 10.8 Å². The molecule has 0 saturated heterocycles. The summed E-state index contributed by atoms with van der Waals surface area (Å²) in [5.41, 5.74) is 6.34. The largest absolute Gasteiger partial charge is 0.480 e. The third-order valence-corrected chi connectivity index (χ3v) is 1.93. The molecule has 0 fully saturated rings. The summed E-state index contributed by atoms with van der Waals surface area (Å²) in [6.07, 6.45) is 0. The first kappa shape index (κ1) is 10.7. The van der Waals surface area contributed by atoms with Gasteiger partial charge in [0.05, 0.1) is 0 Å². The fraction of sp³-hybridized carbons (Fsp3) is 0.300. The van der Waals surface area contributed by atoms with Crippen molar-refractivity contribution >= 4 is 5.97 Å². The van der Waals surface area contributed by atoms with Crippen LogP contribution in [0.2, 0.25) is 0 Å². The zero-order chi connectivity index (χ0) is 10.4. The average Bonchev–Trinajstić information content (AvgIpc) is 2.20. The number of carbonyl (C=O) groups is 1. The first-order valence-electron chi connectivity index (χ1n) is 4.44. The number of aliphatic carboxylic acids is 1. The Morgan fingerprint density at radius 2 is 2.07 bits per heavy atom. The molecule has 1 aromatic carbocycles. The third kappa shape index (κ3) is 3.16. The monoisotopic (exact) mass is 194 g/mol. The van der Waals surface area contributed by atoms with E-state index in [4.69, 9.17) is 10.8 Å². The van der Waals surface area contributed by atoms with Crippen molar-refractivity contribution in [2.24, 2.45) is 5.73 Å².